The maximum atomic E-state index is 12.9. The number of hydrogen-bond acceptors (Lipinski definition) is 5. The number of nitro groups is 1. The first-order valence-corrected chi connectivity index (χ1v) is 11.0. The molecule has 1 fully saturated rings. The molecular weight excluding hydrogens is 444 g/mol. The van der Waals surface area contributed by atoms with Crippen LogP contribution in [0.1, 0.15) is 49.8 Å². The highest BCUT2D eigenvalue weighted by Crippen LogP contribution is 2.44. The van der Waals surface area contributed by atoms with Crippen molar-refractivity contribution >= 4 is 41.0 Å². The molecule has 1 atom stereocenters. The monoisotopic (exact) mass is 468 g/mol. The molecule has 0 bridgehead atoms. The number of amides is 3. The minimum Gasteiger partial charge on any atom is -0.369 e. The SMILES string of the molecule is CC1CC(C)(C)N(C)c2cc(Cl)c(/C=C3/NC(=O)N(Cc4ccc([N+](=O)[O-])cc4)C3=O)cc21. The summed E-state index contributed by atoms with van der Waals surface area (Å²) in [6.07, 6.45) is 2.58. The first-order valence-electron chi connectivity index (χ1n) is 10.6. The number of carbonyl (C=O) groups excluding carboxylic acids is 2. The molecule has 0 radical (unpaired) electrons. The lowest BCUT2D eigenvalue weighted by Gasteiger charge is -2.45. The molecule has 2 aromatic rings. The minimum absolute atomic E-state index is 0.00346. The van der Waals surface area contributed by atoms with Gasteiger partial charge in [0.15, 0.2) is 0 Å². The molecule has 4 rings (SSSR count). The predicted octanol–water partition coefficient (Wildman–Crippen LogP) is 5.06. The van der Waals surface area contributed by atoms with Gasteiger partial charge in [-0.1, -0.05) is 30.7 Å². The van der Waals surface area contributed by atoms with Crippen molar-refractivity contribution in [1.82, 2.24) is 10.2 Å². The summed E-state index contributed by atoms with van der Waals surface area (Å²) in [5, 5.41) is 13.9. The van der Waals surface area contributed by atoms with Crippen LogP contribution in [0.15, 0.2) is 42.1 Å². The van der Waals surface area contributed by atoms with Crippen LogP contribution in [0.25, 0.3) is 6.08 Å². The normalized spacial score (nSPS) is 20.8. The van der Waals surface area contributed by atoms with Crippen molar-refractivity contribution in [3.8, 4) is 0 Å². The van der Waals surface area contributed by atoms with E-state index in [1.54, 1.807) is 6.08 Å². The van der Waals surface area contributed by atoms with Crippen LogP contribution in [0.4, 0.5) is 16.2 Å². The Labute approximate surface area is 197 Å². The van der Waals surface area contributed by atoms with Gasteiger partial charge in [0.2, 0.25) is 0 Å². The average Bonchev–Trinajstić information content (AvgIpc) is 3.00. The highest BCUT2D eigenvalue weighted by Gasteiger charge is 2.36. The zero-order chi connectivity index (χ0) is 24.1. The highest BCUT2D eigenvalue weighted by molar-refractivity contribution is 6.32. The van der Waals surface area contributed by atoms with Gasteiger partial charge in [-0.05, 0) is 61.1 Å². The van der Waals surface area contributed by atoms with Crippen LogP contribution in [-0.2, 0) is 11.3 Å². The fourth-order valence-corrected chi connectivity index (χ4v) is 4.70. The topological polar surface area (TPSA) is 95.8 Å². The molecule has 0 aromatic heterocycles. The number of nitrogens with one attached hydrogen (secondary N) is 1. The second kappa shape index (κ2) is 8.19. The van der Waals surface area contributed by atoms with Crippen LogP contribution in [0.5, 0.6) is 0 Å². The van der Waals surface area contributed by atoms with Gasteiger partial charge >= 0.3 is 6.03 Å². The lowest BCUT2D eigenvalue weighted by atomic mass is 9.80. The van der Waals surface area contributed by atoms with Crippen molar-refractivity contribution < 1.29 is 14.5 Å². The third-order valence-corrected chi connectivity index (χ3v) is 6.83. The number of urea groups is 1. The van der Waals surface area contributed by atoms with Crippen molar-refractivity contribution in [3.63, 3.8) is 0 Å². The number of fused-ring (bicyclic) bond motifs is 1. The summed E-state index contributed by atoms with van der Waals surface area (Å²) < 4.78 is 0. The molecule has 0 saturated carbocycles. The van der Waals surface area contributed by atoms with Crippen LogP contribution < -0.4 is 10.2 Å². The summed E-state index contributed by atoms with van der Waals surface area (Å²) >= 11 is 6.57. The van der Waals surface area contributed by atoms with E-state index in [0.717, 1.165) is 22.6 Å². The van der Waals surface area contributed by atoms with Crippen LogP contribution in [0.3, 0.4) is 0 Å². The Balaban J connectivity index is 1.60. The fourth-order valence-electron chi connectivity index (χ4n) is 4.49. The van der Waals surface area contributed by atoms with Gasteiger partial charge in [0, 0.05) is 35.4 Å². The Morgan fingerprint density at radius 2 is 1.91 bits per heavy atom. The number of halogens is 1. The molecule has 1 N–H and O–H groups in total. The van der Waals surface area contributed by atoms with E-state index in [1.165, 1.54) is 24.3 Å². The van der Waals surface area contributed by atoms with E-state index in [4.69, 9.17) is 11.6 Å². The number of carbonyl (C=O) groups is 2. The van der Waals surface area contributed by atoms with E-state index in [9.17, 15) is 19.7 Å². The second-order valence-corrected chi connectivity index (χ2v) is 9.62. The fraction of sp³-hybridized carbons (Fsp3) is 0.333. The first-order chi connectivity index (χ1) is 15.5. The lowest BCUT2D eigenvalue weighted by Crippen LogP contribution is -2.45. The van der Waals surface area contributed by atoms with Crippen molar-refractivity contribution in [2.24, 2.45) is 0 Å². The first kappa shape index (κ1) is 22.8. The number of nitrogens with zero attached hydrogens (tertiary/aromatic N) is 3. The number of non-ortho nitro benzene ring substituents is 1. The molecule has 172 valence electrons. The third-order valence-electron chi connectivity index (χ3n) is 6.50. The average molecular weight is 469 g/mol. The Bertz CT molecular complexity index is 1190. The Morgan fingerprint density at radius 1 is 1.24 bits per heavy atom. The molecule has 0 spiro atoms. The van der Waals surface area contributed by atoms with E-state index in [2.05, 4.69) is 38.0 Å². The predicted molar refractivity (Wildman–Crippen MR) is 127 cm³/mol. The molecule has 0 aliphatic carbocycles. The Kier molecular flexibility index (Phi) is 5.66. The van der Waals surface area contributed by atoms with E-state index in [0.29, 0.717) is 22.1 Å². The van der Waals surface area contributed by atoms with Crippen LogP contribution in [-0.4, -0.2) is 34.3 Å². The van der Waals surface area contributed by atoms with Gasteiger partial charge in [0.25, 0.3) is 11.6 Å². The van der Waals surface area contributed by atoms with Crippen molar-refractivity contribution in [2.75, 3.05) is 11.9 Å². The highest BCUT2D eigenvalue weighted by atomic mass is 35.5. The second-order valence-electron chi connectivity index (χ2n) is 9.21. The van der Waals surface area contributed by atoms with E-state index in [1.807, 2.05) is 12.1 Å². The number of hydrogen-bond donors (Lipinski definition) is 1. The van der Waals surface area contributed by atoms with E-state index >= 15 is 0 Å². The molecule has 33 heavy (non-hydrogen) atoms. The molecule has 8 nitrogen and oxygen atoms in total. The zero-order valence-corrected chi connectivity index (χ0v) is 19.6. The summed E-state index contributed by atoms with van der Waals surface area (Å²) in [7, 11) is 2.05. The van der Waals surface area contributed by atoms with Crippen LogP contribution in [0, 0.1) is 10.1 Å². The molecule has 2 aliphatic rings. The number of rotatable bonds is 4. The number of anilines is 1. The number of nitro benzene ring substituents is 1. The van der Waals surface area contributed by atoms with E-state index in [-0.39, 0.29) is 23.5 Å². The van der Waals surface area contributed by atoms with Gasteiger partial charge < -0.3 is 10.2 Å². The van der Waals surface area contributed by atoms with Crippen LogP contribution in [0.2, 0.25) is 5.02 Å². The quantitative estimate of drug-likeness (QED) is 0.293. The van der Waals surface area contributed by atoms with Gasteiger partial charge in [0.05, 0.1) is 11.5 Å². The molecule has 1 unspecified atom stereocenters. The Morgan fingerprint density at radius 3 is 2.55 bits per heavy atom. The number of imide groups is 1. The summed E-state index contributed by atoms with van der Waals surface area (Å²) in [5.41, 5.74) is 3.57. The smallest absolute Gasteiger partial charge is 0.329 e. The molecule has 1 saturated heterocycles. The molecule has 2 aliphatic heterocycles. The summed E-state index contributed by atoms with van der Waals surface area (Å²) in [6.45, 7) is 6.58. The van der Waals surface area contributed by atoms with Crippen molar-refractivity contribution in [2.45, 2.75) is 45.2 Å². The summed E-state index contributed by atoms with van der Waals surface area (Å²) in [6, 6.07) is 9.10. The third kappa shape index (κ3) is 4.18. The van der Waals surface area contributed by atoms with Gasteiger partial charge in [0.1, 0.15) is 5.70 Å². The molecule has 3 amide bonds. The number of benzene rings is 2. The van der Waals surface area contributed by atoms with Gasteiger partial charge in [-0.3, -0.25) is 19.8 Å². The lowest BCUT2D eigenvalue weighted by molar-refractivity contribution is -0.384. The summed E-state index contributed by atoms with van der Waals surface area (Å²) in [5.74, 6) is -0.161. The maximum Gasteiger partial charge on any atom is 0.329 e. The minimum atomic E-state index is -0.548. The zero-order valence-electron chi connectivity index (χ0n) is 18.9. The maximum absolute atomic E-state index is 12.9. The molecular formula is C24H25ClN4O4. The van der Waals surface area contributed by atoms with Gasteiger partial charge in [-0.2, -0.15) is 0 Å². The summed E-state index contributed by atoms with van der Waals surface area (Å²) in [4.78, 5) is 39.0. The van der Waals surface area contributed by atoms with Crippen molar-refractivity contribution in [1.29, 1.82) is 0 Å². The van der Waals surface area contributed by atoms with Gasteiger partial charge in [-0.25, -0.2) is 4.79 Å². The van der Waals surface area contributed by atoms with E-state index < -0.39 is 16.9 Å². The molecule has 2 aromatic carbocycles. The standard InChI is InChI=1S/C24H25ClN4O4/c1-14-12-24(2,3)27(4)21-11-19(25)16(9-18(14)21)10-20-22(30)28(23(31)26-20)13-15-5-7-17(8-6-15)29(32)33/h5-11,14H,12-13H2,1-4H3,(H,26,31)/b20-10+. The largest absolute Gasteiger partial charge is 0.369 e. The molecule has 2 heterocycles. The Hall–Kier alpha value is -3.39. The van der Waals surface area contributed by atoms with Crippen molar-refractivity contribution in [3.05, 3.63) is 73.9 Å². The molecule has 9 heteroatoms. The van der Waals surface area contributed by atoms with Gasteiger partial charge in [-0.15, -0.1) is 0 Å². The van der Waals surface area contributed by atoms with Crippen LogP contribution >= 0.6 is 11.6 Å².